The summed E-state index contributed by atoms with van der Waals surface area (Å²) in [6.07, 6.45) is 6.10. The van der Waals surface area contributed by atoms with Crippen LogP contribution in [0.1, 0.15) is 18.4 Å². The molecule has 0 aliphatic rings. The van der Waals surface area contributed by atoms with Crippen LogP contribution >= 0.6 is 0 Å². The summed E-state index contributed by atoms with van der Waals surface area (Å²) in [5, 5.41) is 0. The van der Waals surface area contributed by atoms with E-state index in [2.05, 4.69) is 15.6 Å². The lowest BCUT2D eigenvalue weighted by Crippen LogP contribution is -2.32. The molecule has 0 aliphatic heterocycles. The molecule has 0 spiro atoms. The number of H-pyrrole nitrogens is 1. The standard InChI is InChI=1S/C8H12N2.BF4/c1-4-5-8-6-9-7(2)10(8)3;2-1(3,4)5/h4-6H,1-3H3;/q;-1/p+1/b5-4+;. The molecule has 0 fully saturated rings. The first-order valence-corrected chi connectivity index (χ1v) is 4.29. The van der Waals surface area contributed by atoms with Crippen molar-refractivity contribution >= 4 is 13.3 Å². The van der Waals surface area contributed by atoms with Crippen molar-refractivity contribution in [3.63, 3.8) is 0 Å². The maximum Gasteiger partial charge on any atom is 0.673 e. The summed E-state index contributed by atoms with van der Waals surface area (Å²) in [5.74, 6) is 1.17. The molecule has 7 heteroatoms. The second-order valence-electron chi connectivity index (χ2n) is 2.85. The normalized spacial score (nSPS) is 11.4. The maximum absolute atomic E-state index is 9.75. The second kappa shape index (κ2) is 5.58. The fourth-order valence-electron chi connectivity index (χ4n) is 0.896. The Labute approximate surface area is 85.7 Å². The van der Waals surface area contributed by atoms with Gasteiger partial charge in [0.2, 0.25) is 0 Å². The molecule has 1 aromatic heterocycles. The van der Waals surface area contributed by atoms with Crippen LogP contribution in [0.5, 0.6) is 0 Å². The average molecular weight is 224 g/mol. The molecule has 0 aliphatic carbocycles. The van der Waals surface area contributed by atoms with Crippen molar-refractivity contribution in [1.29, 1.82) is 0 Å². The highest BCUT2D eigenvalue weighted by atomic mass is 19.5. The van der Waals surface area contributed by atoms with Gasteiger partial charge < -0.3 is 17.3 Å². The molecule has 0 atom stereocenters. The van der Waals surface area contributed by atoms with Crippen molar-refractivity contribution in [2.45, 2.75) is 13.8 Å². The Morgan fingerprint density at radius 2 is 1.80 bits per heavy atom. The van der Waals surface area contributed by atoms with Crippen molar-refractivity contribution in [2.24, 2.45) is 7.05 Å². The zero-order chi connectivity index (χ0) is 12.1. The molecule has 1 N–H and O–H groups in total. The van der Waals surface area contributed by atoms with Crippen LogP contribution in [0.15, 0.2) is 12.3 Å². The van der Waals surface area contributed by atoms with E-state index in [-0.39, 0.29) is 0 Å². The number of rotatable bonds is 1. The molecule has 1 heterocycles. The molecular formula is C8H13BF4N2. The van der Waals surface area contributed by atoms with Gasteiger partial charge in [0.25, 0.3) is 5.82 Å². The minimum absolute atomic E-state index is 1.17. The number of aromatic nitrogens is 2. The Morgan fingerprint density at radius 1 is 1.33 bits per heavy atom. The largest absolute Gasteiger partial charge is 0.673 e. The molecule has 2 nitrogen and oxygen atoms in total. The molecule has 0 aromatic carbocycles. The first kappa shape index (κ1) is 13.7. The highest BCUT2D eigenvalue weighted by Crippen LogP contribution is 2.06. The van der Waals surface area contributed by atoms with E-state index in [4.69, 9.17) is 0 Å². The van der Waals surface area contributed by atoms with Gasteiger partial charge in [-0.3, -0.25) is 0 Å². The Hall–Kier alpha value is -1.27. The van der Waals surface area contributed by atoms with E-state index < -0.39 is 7.25 Å². The summed E-state index contributed by atoms with van der Waals surface area (Å²) in [5.41, 5.74) is 1.21. The minimum atomic E-state index is -6.00. The van der Waals surface area contributed by atoms with Crippen LogP contribution in [0, 0.1) is 6.92 Å². The minimum Gasteiger partial charge on any atom is -0.418 e. The molecule has 86 valence electrons. The maximum atomic E-state index is 9.75. The van der Waals surface area contributed by atoms with E-state index >= 15 is 0 Å². The predicted molar refractivity (Wildman–Crippen MR) is 51.6 cm³/mol. The van der Waals surface area contributed by atoms with Gasteiger partial charge >= 0.3 is 7.25 Å². The van der Waals surface area contributed by atoms with E-state index in [0.717, 1.165) is 0 Å². The number of allylic oxidation sites excluding steroid dienone is 1. The molecule has 0 saturated carbocycles. The summed E-state index contributed by atoms with van der Waals surface area (Å²) < 4.78 is 41.1. The van der Waals surface area contributed by atoms with E-state index in [1.807, 2.05) is 33.2 Å². The van der Waals surface area contributed by atoms with Gasteiger partial charge in [-0.05, 0) is 13.0 Å². The number of hydrogen-bond acceptors (Lipinski definition) is 0. The van der Waals surface area contributed by atoms with Crippen LogP contribution < -0.4 is 4.57 Å². The van der Waals surface area contributed by atoms with E-state index in [1.54, 1.807) is 0 Å². The summed E-state index contributed by atoms with van der Waals surface area (Å²) >= 11 is 0. The highest BCUT2D eigenvalue weighted by Gasteiger charge is 2.20. The lowest BCUT2D eigenvalue weighted by atomic mass is 10.3. The van der Waals surface area contributed by atoms with Crippen LogP contribution in [0.2, 0.25) is 0 Å². The van der Waals surface area contributed by atoms with Gasteiger partial charge in [-0.1, -0.05) is 6.08 Å². The molecule has 1 aromatic rings. The molecule has 0 radical (unpaired) electrons. The molecule has 0 bridgehead atoms. The van der Waals surface area contributed by atoms with E-state index in [9.17, 15) is 17.3 Å². The van der Waals surface area contributed by atoms with Gasteiger partial charge in [-0.15, -0.1) is 0 Å². The summed E-state index contributed by atoms with van der Waals surface area (Å²) in [6.45, 7) is 4.06. The quantitative estimate of drug-likeness (QED) is 0.429. The number of nitrogens with zero attached hydrogens (tertiary/aromatic N) is 1. The van der Waals surface area contributed by atoms with Crippen LogP contribution in [-0.2, 0) is 7.05 Å². The summed E-state index contributed by atoms with van der Waals surface area (Å²) in [4.78, 5) is 3.13. The fourth-order valence-corrected chi connectivity index (χ4v) is 0.896. The SMILES string of the molecule is C/C=C/c1c[nH]c(C)[n+]1C.F[B-](F)(F)F. The molecule has 1 rings (SSSR count). The molecule has 0 unspecified atom stereocenters. The van der Waals surface area contributed by atoms with Crippen molar-refractivity contribution < 1.29 is 21.8 Å². The smallest absolute Gasteiger partial charge is 0.418 e. The Morgan fingerprint density at radius 3 is 2.07 bits per heavy atom. The Bertz CT molecular complexity index is 324. The number of imidazole rings is 1. The lowest BCUT2D eigenvalue weighted by Gasteiger charge is -1.94. The summed E-state index contributed by atoms with van der Waals surface area (Å²) in [6, 6.07) is 0. The monoisotopic (exact) mass is 224 g/mol. The van der Waals surface area contributed by atoms with Crippen LogP contribution in [0.3, 0.4) is 0 Å². The summed E-state index contributed by atoms with van der Waals surface area (Å²) in [7, 11) is -3.96. The van der Waals surface area contributed by atoms with E-state index in [1.165, 1.54) is 11.5 Å². The van der Waals surface area contributed by atoms with Crippen molar-refractivity contribution in [3.8, 4) is 0 Å². The number of aryl methyl sites for hydroxylation is 1. The average Bonchev–Trinajstić information content (AvgIpc) is 2.34. The Balaban J connectivity index is 0.000000336. The number of aromatic amines is 1. The lowest BCUT2D eigenvalue weighted by molar-refractivity contribution is -0.678. The van der Waals surface area contributed by atoms with E-state index in [0.29, 0.717) is 0 Å². The Kier molecular flexibility index (Phi) is 5.11. The molecular weight excluding hydrogens is 211 g/mol. The number of halogens is 4. The van der Waals surface area contributed by atoms with Crippen molar-refractivity contribution in [2.75, 3.05) is 0 Å². The van der Waals surface area contributed by atoms with Gasteiger partial charge in [-0.25, -0.2) is 9.55 Å². The highest BCUT2D eigenvalue weighted by molar-refractivity contribution is 6.50. The third-order valence-electron chi connectivity index (χ3n) is 1.66. The van der Waals surface area contributed by atoms with Gasteiger partial charge in [0.1, 0.15) is 6.20 Å². The van der Waals surface area contributed by atoms with Crippen molar-refractivity contribution in [3.05, 3.63) is 23.8 Å². The predicted octanol–water partition coefficient (Wildman–Crippen LogP) is 2.48. The van der Waals surface area contributed by atoms with Crippen LogP contribution in [0.25, 0.3) is 6.08 Å². The van der Waals surface area contributed by atoms with Gasteiger partial charge in [0, 0.05) is 6.92 Å². The molecule has 15 heavy (non-hydrogen) atoms. The number of hydrogen-bond donors (Lipinski definition) is 1. The third-order valence-corrected chi connectivity index (χ3v) is 1.66. The first-order chi connectivity index (χ1) is 6.75. The fraction of sp³-hybridized carbons (Fsp3) is 0.375. The van der Waals surface area contributed by atoms with Gasteiger partial charge in [0.15, 0.2) is 5.69 Å². The zero-order valence-electron chi connectivity index (χ0n) is 8.77. The first-order valence-electron chi connectivity index (χ1n) is 4.29. The van der Waals surface area contributed by atoms with Gasteiger partial charge in [0.05, 0.1) is 7.05 Å². The van der Waals surface area contributed by atoms with Crippen LogP contribution in [-0.4, -0.2) is 12.2 Å². The second-order valence-corrected chi connectivity index (χ2v) is 2.85. The number of nitrogens with one attached hydrogen (secondary N) is 1. The third kappa shape index (κ3) is 6.76. The molecule has 0 amide bonds. The molecule has 0 saturated heterocycles. The topological polar surface area (TPSA) is 19.7 Å². The van der Waals surface area contributed by atoms with Crippen molar-refractivity contribution in [1.82, 2.24) is 4.98 Å². The van der Waals surface area contributed by atoms with Crippen LogP contribution in [0.4, 0.5) is 17.3 Å². The van der Waals surface area contributed by atoms with Gasteiger partial charge in [-0.2, -0.15) is 0 Å². The zero-order valence-corrected chi connectivity index (χ0v) is 8.77.